The lowest BCUT2D eigenvalue weighted by molar-refractivity contribution is 0.141. The Morgan fingerprint density at radius 3 is 2.94 bits per heavy atom. The molecular formula is C14H18ClNO2. The van der Waals surface area contributed by atoms with E-state index in [9.17, 15) is 0 Å². The lowest BCUT2D eigenvalue weighted by Gasteiger charge is -2.16. The summed E-state index contributed by atoms with van der Waals surface area (Å²) in [5, 5.41) is 4.18. The molecule has 0 amide bonds. The summed E-state index contributed by atoms with van der Waals surface area (Å²) in [4.78, 5) is 0. The summed E-state index contributed by atoms with van der Waals surface area (Å²) in [5.41, 5.74) is 1.26. The number of halogens is 1. The van der Waals surface area contributed by atoms with Crippen LogP contribution in [0.2, 0.25) is 5.02 Å². The second kappa shape index (κ2) is 5.47. The fourth-order valence-corrected chi connectivity index (χ4v) is 2.82. The van der Waals surface area contributed by atoms with Gasteiger partial charge in [-0.1, -0.05) is 17.7 Å². The van der Waals surface area contributed by atoms with Crippen molar-refractivity contribution in [1.29, 1.82) is 0 Å². The zero-order chi connectivity index (χ0) is 12.4. The van der Waals surface area contributed by atoms with Crippen LogP contribution in [-0.2, 0) is 4.74 Å². The van der Waals surface area contributed by atoms with Crippen molar-refractivity contribution in [1.82, 2.24) is 5.32 Å². The van der Waals surface area contributed by atoms with Crippen LogP contribution in [0.25, 0.3) is 0 Å². The summed E-state index contributed by atoms with van der Waals surface area (Å²) >= 11 is 6.29. The van der Waals surface area contributed by atoms with Gasteiger partial charge in [-0.15, -0.1) is 0 Å². The summed E-state index contributed by atoms with van der Waals surface area (Å²) in [5.74, 6) is 0.772. The Hall–Kier alpha value is -0.770. The number of ether oxygens (including phenoxy) is 2. The molecule has 2 fully saturated rings. The molecular weight excluding hydrogens is 250 g/mol. The third kappa shape index (κ3) is 2.63. The summed E-state index contributed by atoms with van der Waals surface area (Å²) < 4.78 is 11.1. The highest BCUT2D eigenvalue weighted by Gasteiger charge is 2.20. The smallest absolute Gasteiger partial charge is 0.138 e. The van der Waals surface area contributed by atoms with Crippen LogP contribution in [0.4, 0.5) is 0 Å². The van der Waals surface area contributed by atoms with E-state index in [0.717, 1.165) is 25.3 Å². The van der Waals surface area contributed by atoms with Crippen LogP contribution in [-0.4, -0.2) is 25.9 Å². The van der Waals surface area contributed by atoms with Gasteiger partial charge in [0.1, 0.15) is 11.9 Å². The van der Waals surface area contributed by atoms with Crippen LogP contribution in [0, 0.1) is 0 Å². The van der Waals surface area contributed by atoms with E-state index in [1.807, 2.05) is 12.1 Å². The van der Waals surface area contributed by atoms with Crippen LogP contribution >= 0.6 is 11.6 Å². The van der Waals surface area contributed by atoms with Crippen molar-refractivity contribution in [3.63, 3.8) is 0 Å². The van der Waals surface area contributed by atoms with Gasteiger partial charge in [0.05, 0.1) is 18.2 Å². The van der Waals surface area contributed by atoms with E-state index in [-0.39, 0.29) is 6.10 Å². The van der Waals surface area contributed by atoms with Crippen molar-refractivity contribution in [2.24, 2.45) is 0 Å². The van der Waals surface area contributed by atoms with Crippen LogP contribution in [0.1, 0.15) is 30.9 Å². The van der Waals surface area contributed by atoms with Gasteiger partial charge in [0, 0.05) is 12.5 Å². The van der Waals surface area contributed by atoms with Gasteiger partial charge in [-0.05, 0) is 37.1 Å². The van der Waals surface area contributed by atoms with Gasteiger partial charge in [0.15, 0.2) is 0 Å². The maximum Gasteiger partial charge on any atom is 0.138 e. The number of benzene rings is 1. The third-order valence-electron chi connectivity index (χ3n) is 3.60. The summed E-state index contributed by atoms with van der Waals surface area (Å²) in [6.07, 6.45) is 3.52. The quantitative estimate of drug-likeness (QED) is 0.913. The molecule has 0 bridgehead atoms. The first kappa shape index (κ1) is 12.3. The number of nitrogens with one attached hydrogen (secondary N) is 1. The molecule has 98 valence electrons. The molecule has 1 aromatic carbocycles. The molecule has 2 aliphatic rings. The monoisotopic (exact) mass is 267 g/mol. The number of hydrogen-bond acceptors (Lipinski definition) is 3. The molecule has 2 unspecified atom stereocenters. The van der Waals surface area contributed by atoms with Gasteiger partial charge in [-0.2, -0.15) is 0 Å². The van der Waals surface area contributed by atoms with Gasteiger partial charge in [-0.3, -0.25) is 0 Å². The van der Waals surface area contributed by atoms with Crippen molar-refractivity contribution >= 4 is 11.6 Å². The predicted octanol–water partition coefficient (Wildman–Crippen LogP) is 2.93. The van der Waals surface area contributed by atoms with Gasteiger partial charge >= 0.3 is 0 Å². The normalized spacial score (nSPS) is 27.6. The lowest BCUT2D eigenvalue weighted by atomic mass is 10.1. The Morgan fingerprint density at radius 2 is 2.28 bits per heavy atom. The van der Waals surface area contributed by atoms with Gasteiger partial charge < -0.3 is 14.8 Å². The molecule has 0 saturated carbocycles. The summed E-state index contributed by atoms with van der Waals surface area (Å²) in [6, 6.07) is 6.57. The molecule has 0 spiro atoms. The minimum absolute atomic E-state index is 0.151. The highest BCUT2D eigenvalue weighted by molar-refractivity contribution is 6.32. The molecule has 0 radical (unpaired) electrons. The Balaban J connectivity index is 1.71. The molecule has 3 nitrogen and oxygen atoms in total. The molecule has 2 heterocycles. The minimum Gasteiger partial charge on any atom is -0.486 e. The molecule has 2 atom stereocenters. The van der Waals surface area contributed by atoms with Crippen LogP contribution in [0.3, 0.4) is 0 Å². The Kier molecular flexibility index (Phi) is 3.73. The topological polar surface area (TPSA) is 30.5 Å². The molecule has 3 rings (SSSR count). The average molecular weight is 268 g/mol. The van der Waals surface area contributed by atoms with E-state index in [1.54, 1.807) is 0 Å². The van der Waals surface area contributed by atoms with Crippen LogP contribution in [0.15, 0.2) is 18.2 Å². The van der Waals surface area contributed by atoms with Crippen molar-refractivity contribution in [3.8, 4) is 5.75 Å². The van der Waals surface area contributed by atoms with Gasteiger partial charge in [-0.25, -0.2) is 0 Å². The van der Waals surface area contributed by atoms with Crippen molar-refractivity contribution in [2.45, 2.75) is 31.4 Å². The first-order valence-electron chi connectivity index (χ1n) is 6.60. The Bertz CT molecular complexity index is 412. The Morgan fingerprint density at radius 1 is 1.33 bits per heavy atom. The van der Waals surface area contributed by atoms with Crippen LogP contribution in [0.5, 0.6) is 5.75 Å². The SMILES string of the molecule is Clc1cc(C2CCCN2)ccc1OC1CCOC1. The highest BCUT2D eigenvalue weighted by Crippen LogP contribution is 2.32. The Labute approximate surface area is 112 Å². The fraction of sp³-hybridized carbons (Fsp3) is 0.571. The molecule has 4 heteroatoms. The van der Waals surface area contributed by atoms with E-state index < -0.39 is 0 Å². The summed E-state index contributed by atoms with van der Waals surface area (Å²) in [6.45, 7) is 2.55. The highest BCUT2D eigenvalue weighted by atomic mass is 35.5. The molecule has 2 saturated heterocycles. The first-order valence-corrected chi connectivity index (χ1v) is 6.98. The lowest BCUT2D eigenvalue weighted by Crippen LogP contribution is -2.16. The maximum atomic E-state index is 6.29. The second-order valence-electron chi connectivity index (χ2n) is 4.94. The molecule has 0 aliphatic carbocycles. The predicted molar refractivity (Wildman–Crippen MR) is 71.3 cm³/mol. The van der Waals surface area contributed by atoms with Crippen molar-refractivity contribution < 1.29 is 9.47 Å². The number of rotatable bonds is 3. The largest absolute Gasteiger partial charge is 0.486 e. The van der Waals surface area contributed by atoms with E-state index in [4.69, 9.17) is 21.1 Å². The van der Waals surface area contributed by atoms with E-state index in [0.29, 0.717) is 17.7 Å². The third-order valence-corrected chi connectivity index (χ3v) is 3.90. The summed E-state index contributed by atoms with van der Waals surface area (Å²) in [7, 11) is 0. The minimum atomic E-state index is 0.151. The van der Waals surface area contributed by atoms with Gasteiger partial charge in [0.25, 0.3) is 0 Å². The van der Waals surface area contributed by atoms with Crippen LogP contribution < -0.4 is 10.1 Å². The second-order valence-corrected chi connectivity index (χ2v) is 5.35. The molecule has 2 aliphatic heterocycles. The standard InChI is InChI=1S/C14H18ClNO2/c15-12-8-10(13-2-1-6-16-13)3-4-14(12)18-11-5-7-17-9-11/h3-4,8,11,13,16H,1-2,5-7,9H2. The molecule has 1 N–H and O–H groups in total. The van der Waals surface area contributed by atoms with Crippen molar-refractivity contribution in [3.05, 3.63) is 28.8 Å². The maximum absolute atomic E-state index is 6.29. The number of hydrogen-bond donors (Lipinski definition) is 1. The zero-order valence-electron chi connectivity index (χ0n) is 10.3. The van der Waals surface area contributed by atoms with E-state index in [2.05, 4.69) is 11.4 Å². The molecule has 0 aromatic heterocycles. The fourth-order valence-electron chi connectivity index (χ4n) is 2.58. The van der Waals surface area contributed by atoms with E-state index >= 15 is 0 Å². The zero-order valence-corrected chi connectivity index (χ0v) is 11.1. The molecule has 18 heavy (non-hydrogen) atoms. The van der Waals surface area contributed by atoms with E-state index in [1.165, 1.54) is 18.4 Å². The first-order chi connectivity index (χ1) is 8.83. The van der Waals surface area contributed by atoms with Crippen molar-refractivity contribution in [2.75, 3.05) is 19.8 Å². The van der Waals surface area contributed by atoms with Gasteiger partial charge in [0.2, 0.25) is 0 Å². The molecule has 1 aromatic rings. The average Bonchev–Trinajstić information content (AvgIpc) is 3.04.